The summed E-state index contributed by atoms with van der Waals surface area (Å²) in [7, 11) is 0. The first-order chi connectivity index (χ1) is 16.4. The fourth-order valence-corrected chi connectivity index (χ4v) is 3.65. The number of benzene rings is 2. The van der Waals surface area contributed by atoms with Crippen molar-refractivity contribution in [2.75, 3.05) is 11.9 Å². The van der Waals surface area contributed by atoms with Gasteiger partial charge in [-0.05, 0) is 55.0 Å². The number of aromatic nitrogens is 3. The van der Waals surface area contributed by atoms with Crippen molar-refractivity contribution in [1.29, 1.82) is 0 Å². The Morgan fingerprint density at radius 2 is 1.76 bits per heavy atom. The van der Waals surface area contributed by atoms with Gasteiger partial charge in [-0.1, -0.05) is 0 Å². The number of nitrogens with zero attached hydrogens (tertiary/aromatic N) is 4. The van der Waals surface area contributed by atoms with Crippen molar-refractivity contribution in [3.63, 3.8) is 0 Å². The Morgan fingerprint density at radius 3 is 2.38 bits per heavy atom. The van der Waals surface area contributed by atoms with E-state index in [0.29, 0.717) is 17.2 Å². The fraction of sp³-hybridized carbons (Fsp3) is 0.227. The molecule has 1 saturated heterocycles. The predicted molar refractivity (Wildman–Crippen MR) is 117 cm³/mol. The molecule has 34 heavy (non-hydrogen) atoms. The number of halogens is 1. The lowest BCUT2D eigenvalue weighted by Crippen LogP contribution is -2.44. The maximum atomic E-state index is 13.0. The number of ether oxygens (including phenoxy) is 1. The lowest BCUT2D eigenvalue weighted by molar-refractivity contribution is -0.137. The van der Waals surface area contributed by atoms with E-state index in [-0.39, 0.29) is 31.2 Å². The second-order valence-corrected chi connectivity index (χ2v) is 7.61. The molecule has 11 nitrogen and oxygen atoms in total. The smallest absolute Gasteiger partial charge is 0.404 e. The standard InChI is InChI=1S/C22H21FN6O5/c23-14-1-5-17(6-2-14)34-18-7-3-15(4-8-18)26-21(31)19-9-16(27-22(32)33)10-29(19)20(30)11-28-13-24-12-25-28/h1-8,12-13,16,19,27H,9-11H2,(H,26,31)(H,32,33)/t16-,19-/m0/s1. The SMILES string of the molecule is O=C(O)N[C@H]1C[C@@H](C(=O)Nc2ccc(Oc3ccc(F)cc3)cc2)N(C(=O)Cn2cncn2)C1. The zero-order chi connectivity index (χ0) is 24.1. The van der Waals surface area contributed by atoms with Crippen molar-refractivity contribution < 1.29 is 28.6 Å². The van der Waals surface area contributed by atoms with E-state index in [9.17, 15) is 18.8 Å². The Labute approximate surface area is 193 Å². The summed E-state index contributed by atoms with van der Waals surface area (Å²) in [6.07, 6.45) is 1.57. The largest absolute Gasteiger partial charge is 0.465 e. The van der Waals surface area contributed by atoms with Crippen LogP contribution in [-0.2, 0) is 16.1 Å². The molecule has 12 heteroatoms. The Morgan fingerprint density at radius 1 is 1.09 bits per heavy atom. The van der Waals surface area contributed by atoms with Crippen LogP contribution in [0.5, 0.6) is 11.5 Å². The van der Waals surface area contributed by atoms with Crippen molar-refractivity contribution in [3.8, 4) is 11.5 Å². The lowest BCUT2D eigenvalue weighted by Gasteiger charge is -2.23. The van der Waals surface area contributed by atoms with E-state index in [1.807, 2.05) is 0 Å². The molecule has 3 amide bonds. The third-order valence-corrected chi connectivity index (χ3v) is 5.19. The van der Waals surface area contributed by atoms with Crippen LogP contribution in [0.2, 0.25) is 0 Å². The second kappa shape index (κ2) is 9.98. The van der Waals surface area contributed by atoms with Crippen LogP contribution < -0.4 is 15.4 Å². The Kier molecular flexibility index (Phi) is 6.67. The molecule has 4 rings (SSSR count). The number of amides is 3. The minimum atomic E-state index is -1.23. The van der Waals surface area contributed by atoms with Gasteiger partial charge in [-0.25, -0.2) is 18.9 Å². The summed E-state index contributed by atoms with van der Waals surface area (Å²) in [5.41, 5.74) is 0.467. The predicted octanol–water partition coefficient (Wildman–Crippen LogP) is 2.09. The Balaban J connectivity index is 1.42. The van der Waals surface area contributed by atoms with Crippen LogP contribution in [0.3, 0.4) is 0 Å². The molecule has 3 aromatic rings. The van der Waals surface area contributed by atoms with E-state index in [2.05, 4.69) is 20.7 Å². The molecule has 2 aromatic carbocycles. The number of nitrogens with one attached hydrogen (secondary N) is 2. The van der Waals surface area contributed by atoms with Crippen LogP contribution >= 0.6 is 0 Å². The quantitative estimate of drug-likeness (QED) is 0.483. The third kappa shape index (κ3) is 5.65. The summed E-state index contributed by atoms with van der Waals surface area (Å²) in [6, 6.07) is 10.6. The van der Waals surface area contributed by atoms with Crippen LogP contribution in [0, 0.1) is 5.82 Å². The molecular weight excluding hydrogens is 447 g/mol. The van der Waals surface area contributed by atoms with Crippen LogP contribution in [0.15, 0.2) is 61.2 Å². The molecule has 1 aliphatic heterocycles. The van der Waals surface area contributed by atoms with E-state index >= 15 is 0 Å². The Hall–Kier alpha value is -4.48. The highest BCUT2D eigenvalue weighted by molar-refractivity contribution is 5.97. The maximum absolute atomic E-state index is 13.0. The van der Waals surface area contributed by atoms with Gasteiger partial charge in [0.15, 0.2) is 0 Å². The van der Waals surface area contributed by atoms with Gasteiger partial charge in [-0.15, -0.1) is 0 Å². The van der Waals surface area contributed by atoms with E-state index < -0.39 is 24.1 Å². The average Bonchev–Trinajstić information content (AvgIpc) is 3.46. The number of anilines is 1. The number of hydrogen-bond donors (Lipinski definition) is 3. The van der Waals surface area contributed by atoms with Crippen LogP contribution in [0.25, 0.3) is 0 Å². The number of carbonyl (C=O) groups excluding carboxylic acids is 2. The van der Waals surface area contributed by atoms with Crippen LogP contribution in [0.4, 0.5) is 14.9 Å². The van der Waals surface area contributed by atoms with Crippen LogP contribution in [0.1, 0.15) is 6.42 Å². The van der Waals surface area contributed by atoms with Crippen LogP contribution in [-0.4, -0.2) is 61.3 Å². The van der Waals surface area contributed by atoms with Gasteiger partial charge in [0.25, 0.3) is 0 Å². The molecule has 176 valence electrons. The molecule has 0 radical (unpaired) electrons. The summed E-state index contributed by atoms with van der Waals surface area (Å²) in [6.45, 7) is -0.0681. The molecular formula is C22H21FN6O5. The monoisotopic (exact) mass is 468 g/mol. The molecule has 0 spiro atoms. The molecule has 1 fully saturated rings. The van der Waals surface area contributed by atoms with Crippen molar-refractivity contribution in [2.45, 2.75) is 25.0 Å². The molecule has 3 N–H and O–H groups in total. The minimum absolute atomic E-state index is 0.0579. The number of hydrogen-bond acceptors (Lipinski definition) is 6. The van der Waals surface area contributed by atoms with Gasteiger partial charge in [0.05, 0.1) is 6.04 Å². The minimum Gasteiger partial charge on any atom is -0.465 e. The third-order valence-electron chi connectivity index (χ3n) is 5.19. The first-order valence-corrected chi connectivity index (χ1v) is 10.3. The summed E-state index contributed by atoms with van der Waals surface area (Å²) in [4.78, 5) is 42.0. The summed E-state index contributed by atoms with van der Waals surface area (Å²) in [5, 5.41) is 18.0. The molecule has 1 aliphatic rings. The van der Waals surface area contributed by atoms with Crippen molar-refractivity contribution in [1.82, 2.24) is 25.0 Å². The van der Waals surface area contributed by atoms with Crippen molar-refractivity contribution in [3.05, 3.63) is 67.0 Å². The highest BCUT2D eigenvalue weighted by atomic mass is 19.1. The molecule has 0 bridgehead atoms. The average molecular weight is 468 g/mol. The first kappa shape index (κ1) is 22.7. The second-order valence-electron chi connectivity index (χ2n) is 7.61. The normalized spacial score (nSPS) is 17.3. The van der Waals surface area contributed by atoms with Crippen molar-refractivity contribution in [2.24, 2.45) is 0 Å². The van der Waals surface area contributed by atoms with Gasteiger partial charge in [-0.3, -0.25) is 9.59 Å². The highest BCUT2D eigenvalue weighted by Crippen LogP contribution is 2.25. The van der Waals surface area contributed by atoms with Gasteiger partial charge in [0, 0.05) is 12.2 Å². The molecule has 0 unspecified atom stereocenters. The zero-order valence-electron chi connectivity index (χ0n) is 17.8. The number of rotatable bonds is 7. The van der Waals surface area contributed by atoms with Gasteiger partial charge < -0.3 is 25.4 Å². The van der Waals surface area contributed by atoms with E-state index in [1.165, 1.54) is 46.5 Å². The molecule has 2 atom stereocenters. The van der Waals surface area contributed by atoms with Gasteiger partial charge in [0.1, 0.15) is 42.6 Å². The number of likely N-dealkylation sites (tertiary alicyclic amines) is 1. The summed E-state index contributed by atoms with van der Waals surface area (Å²) < 4.78 is 20.0. The first-order valence-electron chi connectivity index (χ1n) is 10.3. The lowest BCUT2D eigenvalue weighted by atomic mass is 10.1. The van der Waals surface area contributed by atoms with E-state index in [1.54, 1.807) is 24.3 Å². The fourth-order valence-electron chi connectivity index (χ4n) is 3.65. The number of carbonyl (C=O) groups is 3. The van der Waals surface area contributed by atoms with Crippen molar-refractivity contribution >= 4 is 23.6 Å². The highest BCUT2D eigenvalue weighted by Gasteiger charge is 2.40. The molecule has 1 aromatic heterocycles. The number of carboxylic acid groups (broad SMARTS) is 1. The topological polar surface area (TPSA) is 139 Å². The maximum Gasteiger partial charge on any atom is 0.404 e. The molecule has 0 saturated carbocycles. The molecule has 2 heterocycles. The summed E-state index contributed by atoms with van der Waals surface area (Å²) in [5.74, 6) is -0.257. The van der Waals surface area contributed by atoms with E-state index in [4.69, 9.17) is 9.84 Å². The van der Waals surface area contributed by atoms with E-state index in [0.717, 1.165) is 0 Å². The summed E-state index contributed by atoms with van der Waals surface area (Å²) >= 11 is 0. The van der Waals surface area contributed by atoms with Gasteiger partial charge >= 0.3 is 6.09 Å². The zero-order valence-corrected chi connectivity index (χ0v) is 17.8. The Bertz CT molecular complexity index is 1150. The molecule has 0 aliphatic carbocycles. The van der Waals surface area contributed by atoms with Gasteiger partial charge in [0.2, 0.25) is 11.8 Å². The van der Waals surface area contributed by atoms with Gasteiger partial charge in [-0.2, -0.15) is 5.10 Å².